The molecule has 2 aromatic carbocycles. The molecular formula is C35H44N8O5SSi. The molecule has 1 aliphatic rings. The van der Waals surface area contributed by atoms with Crippen molar-refractivity contribution in [3.8, 4) is 22.5 Å². The van der Waals surface area contributed by atoms with E-state index in [4.69, 9.17) is 13.9 Å². The average molecular weight is 717 g/mol. The maximum absolute atomic E-state index is 13.8. The number of benzene rings is 2. The zero-order chi connectivity index (χ0) is 35.6. The molecule has 4 heterocycles. The van der Waals surface area contributed by atoms with Crippen LogP contribution >= 0.6 is 0 Å². The molecule has 5 aromatic rings. The predicted molar refractivity (Wildman–Crippen MR) is 194 cm³/mol. The van der Waals surface area contributed by atoms with Crippen LogP contribution in [0.1, 0.15) is 19.4 Å². The fourth-order valence-electron chi connectivity index (χ4n) is 5.70. The van der Waals surface area contributed by atoms with E-state index in [1.165, 1.54) is 12.1 Å². The Hall–Kier alpha value is -4.44. The van der Waals surface area contributed by atoms with Crippen molar-refractivity contribution in [3.05, 3.63) is 78.9 Å². The molecule has 2 amide bonds. The van der Waals surface area contributed by atoms with Gasteiger partial charge in [-0.15, -0.1) is 5.10 Å². The van der Waals surface area contributed by atoms with Crippen LogP contribution in [0.5, 0.6) is 0 Å². The van der Waals surface area contributed by atoms with Crippen LogP contribution in [0, 0.1) is 12.8 Å². The highest BCUT2D eigenvalue weighted by Gasteiger charge is 2.40. The van der Waals surface area contributed by atoms with Crippen LogP contribution in [0.4, 0.5) is 10.6 Å². The van der Waals surface area contributed by atoms with Crippen LogP contribution in [0.3, 0.4) is 0 Å². The smallest absolute Gasteiger partial charge is 0.326 e. The largest absolute Gasteiger partial charge is 0.359 e. The number of carbonyl (C=O) groups excluding carboxylic acids is 1. The molecule has 0 radical (unpaired) electrons. The van der Waals surface area contributed by atoms with E-state index in [9.17, 15) is 13.2 Å². The van der Waals surface area contributed by atoms with E-state index in [1.807, 2.05) is 31.2 Å². The van der Waals surface area contributed by atoms with Gasteiger partial charge in [0.05, 0.1) is 23.7 Å². The van der Waals surface area contributed by atoms with Gasteiger partial charge in [0.25, 0.3) is 10.1 Å². The Morgan fingerprint density at radius 3 is 2.40 bits per heavy atom. The molecule has 0 bridgehead atoms. The summed E-state index contributed by atoms with van der Waals surface area (Å²) in [5.74, 6) is 1.22. The minimum absolute atomic E-state index is 0.0855. The number of ether oxygens (including phenoxy) is 1. The summed E-state index contributed by atoms with van der Waals surface area (Å²) in [5.41, 5.74) is 4.15. The molecule has 1 saturated heterocycles. The van der Waals surface area contributed by atoms with E-state index in [1.54, 1.807) is 55.9 Å². The van der Waals surface area contributed by atoms with E-state index in [0.717, 1.165) is 28.3 Å². The van der Waals surface area contributed by atoms with Crippen LogP contribution in [-0.2, 0) is 25.8 Å². The normalized spacial score (nSPS) is 15.6. The highest BCUT2D eigenvalue weighted by molar-refractivity contribution is 7.86. The first kappa shape index (κ1) is 35.4. The Morgan fingerprint density at radius 2 is 1.70 bits per heavy atom. The second kappa shape index (κ2) is 14.4. The summed E-state index contributed by atoms with van der Waals surface area (Å²) in [6.45, 7) is 14.4. The van der Waals surface area contributed by atoms with Gasteiger partial charge in [0, 0.05) is 45.1 Å². The van der Waals surface area contributed by atoms with Crippen molar-refractivity contribution in [1.29, 1.82) is 0 Å². The lowest BCUT2D eigenvalue weighted by molar-refractivity contribution is 0.0785. The molecule has 0 aliphatic carbocycles. The fraction of sp³-hybridized carbons (Fsp3) is 0.400. The maximum atomic E-state index is 13.8. The number of carbonyl (C=O) groups is 1. The van der Waals surface area contributed by atoms with Crippen molar-refractivity contribution in [3.63, 3.8) is 0 Å². The number of fused-ring (bicyclic) bond motifs is 1. The van der Waals surface area contributed by atoms with E-state index in [-0.39, 0.29) is 36.0 Å². The third-order valence-corrected chi connectivity index (χ3v) is 11.7. The highest BCUT2D eigenvalue weighted by atomic mass is 32.2. The first-order chi connectivity index (χ1) is 23.8. The molecule has 0 N–H and O–H groups in total. The van der Waals surface area contributed by atoms with Gasteiger partial charge >= 0.3 is 6.03 Å². The number of hydrogen-bond acceptors (Lipinski definition) is 9. The minimum atomic E-state index is -3.94. The van der Waals surface area contributed by atoms with Crippen molar-refractivity contribution >= 4 is 35.7 Å². The molecule has 6 rings (SSSR count). The van der Waals surface area contributed by atoms with E-state index in [2.05, 4.69) is 48.7 Å². The minimum Gasteiger partial charge on any atom is -0.359 e. The summed E-state index contributed by atoms with van der Waals surface area (Å²) < 4.78 is 39.9. The molecule has 1 unspecified atom stereocenters. The summed E-state index contributed by atoms with van der Waals surface area (Å²) in [6.07, 6.45) is 5.23. The molecule has 13 nitrogen and oxygen atoms in total. The van der Waals surface area contributed by atoms with Crippen LogP contribution in [0.25, 0.3) is 28.2 Å². The first-order valence-electron chi connectivity index (χ1n) is 16.8. The molecule has 0 saturated carbocycles. The Bertz CT molecular complexity index is 2060. The number of urea groups is 1. The van der Waals surface area contributed by atoms with Gasteiger partial charge in [0.1, 0.15) is 18.9 Å². The second-order valence-electron chi connectivity index (χ2n) is 14.1. The first-order valence-corrected chi connectivity index (χ1v) is 21.9. The van der Waals surface area contributed by atoms with Gasteiger partial charge in [-0.1, -0.05) is 75.5 Å². The van der Waals surface area contributed by atoms with Gasteiger partial charge in [0.15, 0.2) is 11.5 Å². The molecule has 3 aromatic heterocycles. The van der Waals surface area contributed by atoms with E-state index in [0.29, 0.717) is 37.2 Å². The number of nitrogens with zero attached hydrogens (tertiary/aromatic N) is 8. The predicted octanol–water partition coefficient (Wildman–Crippen LogP) is 5.95. The fourth-order valence-corrected chi connectivity index (χ4v) is 7.35. The van der Waals surface area contributed by atoms with Crippen molar-refractivity contribution in [2.75, 3.05) is 31.2 Å². The molecule has 15 heteroatoms. The zero-order valence-electron chi connectivity index (χ0n) is 29.4. The standard InChI is InChI=1S/C35H44N8O5SSi/c1-25(2)31-22-40(17-18-48-49(45,46)29-13-7-26(3)8-14-29)35(44)43(31)32-15-16-42-34(38-32)30(21-37-42)27-9-11-28(12-10-27)33-36-23-41(39-33)24-47-19-20-50(4,5)6/h7-16,21,23,25,31H,17-20,22,24H2,1-6H3. The van der Waals surface area contributed by atoms with E-state index >= 15 is 0 Å². The van der Waals surface area contributed by atoms with Gasteiger partial charge < -0.3 is 9.64 Å². The molecule has 0 spiro atoms. The van der Waals surface area contributed by atoms with Gasteiger partial charge in [-0.05, 0) is 42.6 Å². The molecular weight excluding hydrogens is 673 g/mol. The van der Waals surface area contributed by atoms with Crippen LogP contribution in [-0.4, -0.2) is 89.1 Å². The summed E-state index contributed by atoms with van der Waals surface area (Å²) in [7, 11) is -5.10. The second-order valence-corrected chi connectivity index (χ2v) is 21.4. The van der Waals surface area contributed by atoms with Crippen molar-refractivity contribution in [2.45, 2.75) is 64.1 Å². The number of anilines is 1. The Labute approximate surface area is 294 Å². The lowest BCUT2D eigenvalue weighted by Gasteiger charge is -2.25. The number of aryl methyl sites for hydroxylation is 1. The van der Waals surface area contributed by atoms with Gasteiger partial charge in [-0.25, -0.2) is 24.0 Å². The maximum Gasteiger partial charge on any atom is 0.326 e. The molecule has 264 valence electrons. The summed E-state index contributed by atoms with van der Waals surface area (Å²) in [6, 6.07) is 16.8. The molecule has 1 fully saturated rings. The summed E-state index contributed by atoms with van der Waals surface area (Å²) in [5, 5.41) is 9.08. The SMILES string of the molecule is Cc1ccc(S(=O)(=O)OCCN2CC(C(C)C)N(c3ccn4ncc(-c5ccc(-c6ncn(COCC[Si](C)(C)C)n6)cc5)c4n3)C2=O)cc1. The van der Waals surface area contributed by atoms with Gasteiger partial charge in [-0.2, -0.15) is 13.5 Å². The Balaban J connectivity index is 1.15. The quantitative estimate of drug-likeness (QED) is 0.0776. The summed E-state index contributed by atoms with van der Waals surface area (Å²) >= 11 is 0. The average Bonchev–Trinajstić information content (AvgIpc) is 3.80. The molecule has 1 aliphatic heterocycles. The van der Waals surface area contributed by atoms with Crippen LogP contribution in [0.2, 0.25) is 25.7 Å². The van der Waals surface area contributed by atoms with Gasteiger partial charge in [0.2, 0.25) is 0 Å². The topological polar surface area (TPSA) is 137 Å². The zero-order valence-corrected chi connectivity index (χ0v) is 31.2. The number of amides is 2. The lowest BCUT2D eigenvalue weighted by Crippen LogP contribution is -2.38. The lowest BCUT2D eigenvalue weighted by atomic mass is 10.0. The summed E-state index contributed by atoms with van der Waals surface area (Å²) in [4.78, 5) is 26.5. The highest BCUT2D eigenvalue weighted by Crippen LogP contribution is 2.31. The van der Waals surface area contributed by atoms with Gasteiger partial charge in [-0.3, -0.25) is 9.08 Å². The monoisotopic (exact) mass is 716 g/mol. The number of rotatable bonds is 14. The molecule has 1 atom stereocenters. The third kappa shape index (κ3) is 7.96. The van der Waals surface area contributed by atoms with E-state index < -0.39 is 18.2 Å². The van der Waals surface area contributed by atoms with Crippen molar-refractivity contribution in [2.24, 2.45) is 5.92 Å². The Kier molecular flexibility index (Phi) is 10.2. The van der Waals surface area contributed by atoms with Crippen molar-refractivity contribution in [1.82, 2.24) is 34.3 Å². The number of aromatic nitrogens is 6. The number of hydrogen-bond donors (Lipinski definition) is 0. The van der Waals surface area contributed by atoms with Crippen molar-refractivity contribution < 1.29 is 22.1 Å². The molecule has 50 heavy (non-hydrogen) atoms. The Morgan fingerprint density at radius 1 is 0.980 bits per heavy atom. The van der Waals surface area contributed by atoms with Crippen LogP contribution in [0.15, 0.2) is 78.2 Å². The van der Waals surface area contributed by atoms with Crippen LogP contribution < -0.4 is 4.90 Å². The third-order valence-electron chi connectivity index (χ3n) is 8.71.